The lowest BCUT2D eigenvalue weighted by atomic mass is 10.1. The molecule has 3 atom stereocenters. The van der Waals surface area contributed by atoms with Crippen LogP contribution in [0.2, 0.25) is 0 Å². The molecule has 2 heterocycles. The van der Waals surface area contributed by atoms with Crippen LogP contribution in [0.1, 0.15) is 0 Å². The Morgan fingerprint density at radius 3 is 3.18 bits per heavy atom. The van der Waals surface area contributed by atoms with Crippen molar-refractivity contribution in [1.29, 1.82) is 0 Å². The van der Waals surface area contributed by atoms with Crippen molar-refractivity contribution in [2.24, 2.45) is 0 Å². The molecule has 0 bridgehead atoms. The Morgan fingerprint density at radius 2 is 2.45 bits per heavy atom. The average Bonchev–Trinajstić information content (AvgIpc) is 2.45. The second kappa shape index (κ2) is 3.01. The zero-order valence-corrected chi connectivity index (χ0v) is 8.81. The first-order valence-electron chi connectivity index (χ1n) is 3.56. The summed E-state index contributed by atoms with van der Waals surface area (Å²) in [7, 11) is 0. The fourth-order valence-electron chi connectivity index (χ4n) is 1.52. The second-order valence-electron chi connectivity index (χ2n) is 2.78. The van der Waals surface area contributed by atoms with Crippen molar-refractivity contribution in [3.63, 3.8) is 0 Å². The third-order valence-corrected chi connectivity index (χ3v) is 5.08. The summed E-state index contributed by atoms with van der Waals surface area (Å²) in [5.41, 5.74) is 0. The Hall–Kier alpha value is 0.350. The molecule has 2 aliphatic rings. The predicted molar refractivity (Wildman–Crippen MR) is 54.4 cm³/mol. The summed E-state index contributed by atoms with van der Waals surface area (Å²) in [6.45, 7) is 0. The molecule has 0 aromatic carbocycles. The minimum absolute atomic E-state index is 0.00940. The maximum absolute atomic E-state index is 10.9. The van der Waals surface area contributed by atoms with Crippen LogP contribution in [-0.2, 0) is 0 Å². The number of carbonyl (C=O) groups is 1. The van der Waals surface area contributed by atoms with Gasteiger partial charge < -0.3 is 10.6 Å². The molecule has 2 aliphatic heterocycles. The van der Waals surface area contributed by atoms with Crippen LogP contribution in [-0.4, -0.2) is 33.5 Å². The SMILES string of the molecule is O=C1NC2CSC(CI)C2N1. The maximum Gasteiger partial charge on any atom is 0.315 e. The first kappa shape index (κ1) is 7.97. The molecule has 2 amide bonds. The lowest BCUT2D eigenvalue weighted by molar-refractivity contribution is 0.247. The Morgan fingerprint density at radius 1 is 1.64 bits per heavy atom. The van der Waals surface area contributed by atoms with Crippen molar-refractivity contribution in [3.8, 4) is 0 Å². The summed E-state index contributed by atoms with van der Waals surface area (Å²) >= 11 is 4.32. The van der Waals surface area contributed by atoms with Gasteiger partial charge in [0.05, 0.1) is 12.1 Å². The number of amides is 2. The van der Waals surface area contributed by atoms with Gasteiger partial charge in [0, 0.05) is 15.4 Å². The van der Waals surface area contributed by atoms with Crippen LogP contribution in [0.4, 0.5) is 4.79 Å². The molecule has 62 valence electrons. The Labute approximate surface area is 83.2 Å². The van der Waals surface area contributed by atoms with E-state index >= 15 is 0 Å². The van der Waals surface area contributed by atoms with Crippen molar-refractivity contribution in [2.45, 2.75) is 17.3 Å². The number of halogens is 1. The molecule has 0 aromatic rings. The number of alkyl halides is 1. The molecule has 2 saturated heterocycles. The third-order valence-electron chi connectivity index (χ3n) is 2.09. The second-order valence-corrected chi connectivity index (χ2v) is 4.93. The van der Waals surface area contributed by atoms with Crippen LogP contribution < -0.4 is 10.6 Å². The molecule has 0 aliphatic carbocycles. The van der Waals surface area contributed by atoms with Gasteiger partial charge in [-0.15, -0.1) is 0 Å². The van der Waals surface area contributed by atoms with Crippen LogP contribution >= 0.6 is 34.4 Å². The quantitative estimate of drug-likeness (QED) is 0.420. The highest BCUT2D eigenvalue weighted by molar-refractivity contribution is 14.1. The van der Waals surface area contributed by atoms with E-state index in [9.17, 15) is 4.79 Å². The van der Waals surface area contributed by atoms with Gasteiger partial charge in [0.15, 0.2) is 0 Å². The van der Waals surface area contributed by atoms with Gasteiger partial charge in [-0.3, -0.25) is 0 Å². The summed E-state index contributed by atoms with van der Waals surface area (Å²) < 4.78 is 1.12. The summed E-state index contributed by atoms with van der Waals surface area (Å²) in [6.07, 6.45) is 0. The van der Waals surface area contributed by atoms with Gasteiger partial charge >= 0.3 is 6.03 Å². The van der Waals surface area contributed by atoms with Crippen molar-refractivity contribution >= 4 is 40.4 Å². The summed E-state index contributed by atoms with van der Waals surface area (Å²) in [5.74, 6) is 1.07. The van der Waals surface area contributed by atoms with Gasteiger partial charge in [-0.1, -0.05) is 22.6 Å². The molecular weight excluding hydrogens is 275 g/mol. The van der Waals surface area contributed by atoms with E-state index in [2.05, 4.69) is 33.2 Å². The maximum atomic E-state index is 10.9. The summed E-state index contributed by atoms with van der Waals surface area (Å²) in [5, 5.41) is 6.46. The normalized spacial score (nSPS) is 41.5. The molecule has 0 saturated carbocycles. The van der Waals surface area contributed by atoms with Gasteiger partial charge in [0.1, 0.15) is 0 Å². The Balaban J connectivity index is 2.07. The van der Waals surface area contributed by atoms with E-state index in [-0.39, 0.29) is 6.03 Å². The van der Waals surface area contributed by atoms with E-state index in [1.807, 2.05) is 11.8 Å². The molecule has 0 spiro atoms. The van der Waals surface area contributed by atoms with Crippen LogP contribution in [0.3, 0.4) is 0 Å². The lowest BCUT2D eigenvalue weighted by Crippen LogP contribution is -2.37. The molecule has 3 unspecified atom stereocenters. The summed E-state index contributed by atoms with van der Waals surface area (Å²) in [4.78, 5) is 10.9. The first-order chi connectivity index (χ1) is 5.31. The molecule has 2 fully saturated rings. The van der Waals surface area contributed by atoms with E-state index in [1.165, 1.54) is 0 Å². The first-order valence-corrected chi connectivity index (χ1v) is 6.13. The lowest BCUT2D eigenvalue weighted by Gasteiger charge is -2.12. The number of hydrogen-bond acceptors (Lipinski definition) is 2. The molecule has 5 heteroatoms. The number of fused-ring (bicyclic) bond motifs is 1. The Bertz CT molecular complexity index is 189. The molecule has 2 N–H and O–H groups in total. The van der Waals surface area contributed by atoms with E-state index in [1.54, 1.807) is 0 Å². The van der Waals surface area contributed by atoms with E-state index in [4.69, 9.17) is 0 Å². The van der Waals surface area contributed by atoms with Gasteiger partial charge in [-0.05, 0) is 0 Å². The fraction of sp³-hybridized carbons (Fsp3) is 0.833. The van der Waals surface area contributed by atoms with Crippen LogP contribution in [0, 0.1) is 0 Å². The van der Waals surface area contributed by atoms with Crippen LogP contribution in [0.25, 0.3) is 0 Å². The minimum atomic E-state index is 0.00940. The number of carbonyl (C=O) groups excluding carboxylic acids is 1. The average molecular weight is 284 g/mol. The topological polar surface area (TPSA) is 41.1 Å². The molecular formula is C6H9IN2OS. The van der Waals surface area contributed by atoms with Crippen molar-refractivity contribution < 1.29 is 4.79 Å². The van der Waals surface area contributed by atoms with Crippen LogP contribution in [0.15, 0.2) is 0 Å². The van der Waals surface area contributed by atoms with E-state index in [0.717, 1.165) is 10.2 Å². The van der Waals surface area contributed by atoms with Gasteiger partial charge in [-0.2, -0.15) is 11.8 Å². The predicted octanol–water partition coefficient (Wildman–Crippen LogP) is 0.587. The third kappa shape index (κ3) is 1.32. The molecule has 3 nitrogen and oxygen atoms in total. The van der Waals surface area contributed by atoms with E-state index in [0.29, 0.717) is 17.3 Å². The largest absolute Gasteiger partial charge is 0.332 e. The fourth-order valence-corrected chi connectivity index (χ4v) is 4.13. The van der Waals surface area contributed by atoms with Crippen molar-refractivity contribution in [1.82, 2.24) is 10.6 Å². The van der Waals surface area contributed by atoms with Crippen molar-refractivity contribution in [3.05, 3.63) is 0 Å². The molecule has 0 radical (unpaired) electrons. The number of nitrogens with one attached hydrogen (secondary N) is 2. The number of urea groups is 1. The van der Waals surface area contributed by atoms with Gasteiger partial charge in [0.25, 0.3) is 0 Å². The highest BCUT2D eigenvalue weighted by atomic mass is 127. The molecule has 11 heavy (non-hydrogen) atoms. The molecule has 2 rings (SSSR count). The number of thioether (sulfide) groups is 1. The van der Waals surface area contributed by atoms with Gasteiger partial charge in [0.2, 0.25) is 0 Å². The highest BCUT2D eigenvalue weighted by Gasteiger charge is 2.42. The number of rotatable bonds is 1. The van der Waals surface area contributed by atoms with Crippen molar-refractivity contribution in [2.75, 3.05) is 10.2 Å². The minimum Gasteiger partial charge on any atom is -0.332 e. The Kier molecular flexibility index (Phi) is 2.18. The summed E-state index contributed by atoms with van der Waals surface area (Å²) in [6, 6.07) is 0.770. The zero-order valence-electron chi connectivity index (χ0n) is 5.84. The van der Waals surface area contributed by atoms with Crippen LogP contribution in [0.5, 0.6) is 0 Å². The van der Waals surface area contributed by atoms with E-state index < -0.39 is 0 Å². The monoisotopic (exact) mass is 284 g/mol. The highest BCUT2D eigenvalue weighted by Crippen LogP contribution is 2.30. The smallest absolute Gasteiger partial charge is 0.315 e. The number of hydrogen-bond donors (Lipinski definition) is 2. The van der Waals surface area contributed by atoms with Gasteiger partial charge in [-0.25, -0.2) is 4.79 Å². The standard InChI is InChI=1S/C6H9IN2OS/c7-1-4-5-3(2-11-4)8-6(10)9-5/h3-5H,1-2H2,(H2,8,9,10). The molecule has 0 aromatic heterocycles. The zero-order chi connectivity index (χ0) is 7.84.